The van der Waals surface area contributed by atoms with E-state index in [4.69, 9.17) is 0 Å². The standard InChI is InChI=1S/C13H11N3O/c1-8(17)12-7-11-13(16(12)2)15-10-6-4-3-5-9(10)14-11/h3-7H,1-2H3. The molecule has 0 aliphatic heterocycles. The largest absolute Gasteiger partial charge is 0.325 e. The van der Waals surface area contributed by atoms with Gasteiger partial charge in [-0.2, -0.15) is 0 Å². The molecule has 1 aromatic carbocycles. The van der Waals surface area contributed by atoms with E-state index in [1.54, 1.807) is 17.6 Å². The van der Waals surface area contributed by atoms with Crippen molar-refractivity contribution in [2.45, 2.75) is 6.92 Å². The van der Waals surface area contributed by atoms with Crippen molar-refractivity contribution >= 4 is 28.0 Å². The molecule has 17 heavy (non-hydrogen) atoms. The van der Waals surface area contributed by atoms with E-state index in [1.807, 2.05) is 31.3 Å². The Kier molecular flexibility index (Phi) is 1.98. The highest BCUT2D eigenvalue weighted by Gasteiger charge is 2.12. The molecule has 0 aliphatic carbocycles. The summed E-state index contributed by atoms with van der Waals surface area (Å²) in [5, 5.41) is 0. The zero-order valence-electron chi connectivity index (χ0n) is 9.64. The number of carbonyl (C=O) groups is 1. The number of benzene rings is 1. The number of hydrogen-bond acceptors (Lipinski definition) is 3. The lowest BCUT2D eigenvalue weighted by atomic mass is 10.3. The fourth-order valence-electron chi connectivity index (χ4n) is 2.03. The molecular formula is C13H11N3O. The number of aryl methyl sites for hydroxylation is 1. The van der Waals surface area contributed by atoms with Crippen LogP contribution in [0.2, 0.25) is 0 Å². The van der Waals surface area contributed by atoms with Gasteiger partial charge in [0.2, 0.25) is 0 Å². The van der Waals surface area contributed by atoms with Crippen LogP contribution < -0.4 is 0 Å². The highest BCUT2D eigenvalue weighted by molar-refractivity contribution is 5.98. The number of aromatic nitrogens is 3. The molecule has 0 unspecified atom stereocenters. The first-order valence-electron chi connectivity index (χ1n) is 5.40. The average Bonchev–Trinajstić information content (AvgIpc) is 2.64. The molecule has 0 aliphatic rings. The predicted octanol–water partition coefficient (Wildman–Crippen LogP) is 2.32. The number of Topliss-reactive ketones (excluding diaryl/α,β-unsaturated/α-hetero) is 1. The number of para-hydroxylation sites is 2. The average molecular weight is 225 g/mol. The van der Waals surface area contributed by atoms with Crippen molar-refractivity contribution in [1.82, 2.24) is 14.5 Å². The number of hydrogen-bond donors (Lipinski definition) is 0. The summed E-state index contributed by atoms with van der Waals surface area (Å²) < 4.78 is 1.79. The van der Waals surface area contributed by atoms with Gasteiger partial charge in [0.15, 0.2) is 11.4 Å². The van der Waals surface area contributed by atoms with Crippen molar-refractivity contribution in [2.24, 2.45) is 7.05 Å². The Bertz CT molecular complexity index is 743. The van der Waals surface area contributed by atoms with Gasteiger partial charge >= 0.3 is 0 Å². The van der Waals surface area contributed by atoms with E-state index in [-0.39, 0.29) is 5.78 Å². The third-order valence-corrected chi connectivity index (χ3v) is 2.89. The Morgan fingerprint density at radius 3 is 2.41 bits per heavy atom. The third kappa shape index (κ3) is 1.41. The molecule has 0 radical (unpaired) electrons. The summed E-state index contributed by atoms with van der Waals surface area (Å²) in [7, 11) is 1.84. The summed E-state index contributed by atoms with van der Waals surface area (Å²) in [6, 6.07) is 9.48. The topological polar surface area (TPSA) is 47.8 Å². The second-order valence-electron chi connectivity index (χ2n) is 4.07. The molecule has 84 valence electrons. The molecule has 3 rings (SSSR count). The Hall–Kier alpha value is -2.23. The summed E-state index contributed by atoms with van der Waals surface area (Å²) in [6.45, 7) is 1.55. The molecule has 4 heteroatoms. The maximum Gasteiger partial charge on any atom is 0.176 e. The van der Waals surface area contributed by atoms with E-state index >= 15 is 0 Å². The number of fused-ring (bicyclic) bond motifs is 2. The molecule has 0 N–H and O–H groups in total. The minimum absolute atomic E-state index is 0.0244. The lowest BCUT2D eigenvalue weighted by molar-refractivity contribution is 0.101. The van der Waals surface area contributed by atoms with Crippen LogP contribution in [0.1, 0.15) is 17.4 Å². The molecule has 0 bridgehead atoms. The summed E-state index contributed by atoms with van der Waals surface area (Å²) in [5.74, 6) is 0.0244. The van der Waals surface area contributed by atoms with Crippen LogP contribution in [0.4, 0.5) is 0 Å². The van der Waals surface area contributed by atoms with Gasteiger partial charge in [-0.15, -0.1) is 0 Å². The van der Waals surface area contributed by atoms with Crippen LogP contribution in [0, 0.1) is 0 Å². The minimum atomic E-state index is 0.0244. The first kappa shape index (κ1) is 9.96. The summed E-state index contributed by atoms with van der Waals surface area (Å²) in [4.78, 5) is 20.5. The lowest BCUT2D eigenvalue weighted by Gasteiger charge is -2.00. The van der Waals surface area contributed by atoms with Gasteiger partial charge in [-0.1, -0.05) is 12.1 Å². The number of nitrogens with zero attached hydrogens (tertiary/aromatic N) is 3. The zero-order chi connectivity index (χ0) is 12.0. The number of ketones is 1. The SMILES string of the molecule is CC(=O)c1cc2nc3ccccc3nc2n1C. The highest BCUT2D eigenvalue weighted by atomic mass is 16.1. The van der Waals surface area contributed by atoms with E-state index in [2.05, 4.69) is 9.97 Å². The van der Waals surface area contributed by atoms with Crippen molar-refractivity contribution < 1.29 is 4.79 Å². The van der Waals surface area contributed by atoms with Crippen LogP contribution in [0.15, 0.2) is 30.3 Å². The van der Waals surface area contributed by atoms with Crippen molar-refractivity contribution in [3.05, 3.63) is 36.0 Å². The van der Waals surface area contributed by atoms with E-state index in [1.165, 1.54) is 0 Å². The van der Waals surface area contributed by atoms with Crippen LogP contribution in [-0.4, -0.2) is 20.3 Å². The molecule has 3 aromatic rings. The Balaban J connectivity index is 2.44. The first-order valence-corrected chi connectivity index (χ1v) is 5.40. The maximum absolute atomic E-state index is 11.5. The van der Waals surface area contributed by atoms with E-state index in [0.717, 1.165) is 22.2 Å². The van der Waals surface area contributed by atoms with Crippen LogP contribution in [0.3, 0.4) is 0 Å². The molecule has 4 nitrogen and oxygen atoms in total. The summed E-state index contributed by atoms with van der Waals surface area (Å²) in [6.07, 6.45) is 0. The number of carbonyl (C=O) groups excluding carboxylic acids is 1. The van der Waals surface area contributed by atoms with E-state index in [0.29, 0.717) is 5.69 Å². The highest BCUT2D eigenvalue weighted by Crippen LogP contribution is 2.19. The fraction of sp³-hybridized carbons (Fsp3) is 0.154. The molecule has 0 saturated heterocycles. The van der Waals surface area contributed by atoms with E-state index < -0.39 is 0 Å². The third-order valence-electron chi connectivity index (χ3n) is 2.89. The smallest absolute Gasteiger partial charge is 0.176 e. The van der Waals surface area contributed by atoms with Crippen molar-refractivity contribution in [2.75, 3.05) is 0 Å². The van der Waals surface area contributed by atoms with Gasteiger partial charge in [0, 0.05) is 14.0 Å². The molecule has 0 fully saturated rings. The van der Waals surface area contributed by atoms with Gasteiger partial charge < -0.3 is 4.57 Å². The van der Waals surface area contributed by atoms with Gasteiger partial charge in [-0.05, 0) is 18.2 Å². The Morgan fingerprint density at radius 1 is 1.12 bits per heavy atom. The van der Waals surface area contributed by atoms with Gasteiger partial charge in [0.05, 0.1) is 16.7 Å². The van der Waals surface area contributed by atoms with Gasteiger partial charge in [-0.3, -0.25) is 4.79 Å². The molecule has 2 heterocycles. The molecule has 0 atom stereocenters. The minimum Gasteiger partial charge on any atom is -0.325 e. The van der Waals surface area contributed by atoms with Crippen molar-refractivity contribution in [3.8, 4) is 0 Å². The Morgan fingerprint density at radius 2 is 1.76 bits per heavy atom. The molecule has 0 spiro atoms. The van der Waals surface area contributed by atoms with Gasteiger partial charge in [0.1, 0.15) is 5.52 Å². The van der Waals surface area contributed by atoms with Crippen LogP contribution in [-0.2, 0) is 7.05 Å². The van der Waals surface area contributed by atoms with E-state index in [9.17, 15) is 4.79 Å². The maximum atomic E-state index is 11.5. The molecule has 2 aromatic heterocycles. The molecular weight excluding hydrogens is 214 g/mol. The second-order valence-corrected chi connectivity index (χ2v) is 4.07. The van der Waals surface area contributed by atoms with Crippen LogP contribution >= 0.6 is 0 Å². The van der Waals surface area contributed by atoms with Crippen molar-refractivity contribution in [1.29, 1.82) is 0 Å². The summed E-state index contributed by atoms with van der Waals surface area (Å²) >= 11 is 0. The van der Waals surface area contributed by atoms with Gasteiger partial charge in [0.25, 0.3) is 0 Å². The zero-order valence-corrected chi connectivity index (χ0v) is 9.64. The van der Waals surface area contributed by atoms with Crippen LogP contribution in [0.5, 0.6) is 0 Å². The number of rotatable bonds is 1. The predicted molar refractivity (Wildman–Crippen MR) is 66.0 cm³/mol. The Labute approximate surface area is 97.9 Å². The van der Waals surface area contributed by atoms with Gasteiger partial charge in [-0.25, -0.2) is 9.97 Å². The fourth-order valence-corrected chi connectivity index (χ4v) is 2.03. The molecule has 0 amide bonds. The molecule has 0 saturated carbocycles. The normalized spacial score (nSPS) is 11.2. The first-order chi connectivity index (χ1) is 8.16. The monoisotopic (exact) mass is 225 g/mol. The second kappa shape index (κ2) is 3.38. The summed E-state index contributed by atoms with van der Waals surface area (Å²) in [5.41, 5.74) is 3.83. The van der Waals surface area contributed by atoms with Crippen LogP contribution in [0.25, 0.3) is 22.2 Å². The lowest BCUT2D eigenvalue weighted by Crippen LogP contribution is -2.01. The quantitative estimate of drug-likeness (QED) is 0.597. The van der Waals surface area contributed by atoms with Crippen molar-refractivity contribution in [3.63, 3.8) is 0 Å².